The zero-order chi connectivity index (χ0) is 12.4. The van der Waals surface area contributed by atoms with Gasteiger partial charge in [0.1, 0.15) is 10.8 Å². The van der Waals surface area contributed by atoms with Gasteiger partial charge in [0.15, 0.2) is 0 Å². The molecule has 90 valence electrons. The smallest absolute Gasteiger partial charge is 0.140 e. The van der Waals surface area contributed by atoms with Crippen LogP contribution in [-0.4, -0.2) is 9.97 Å². The van der Waals surface area contributed by atoms with Crippen molar-refractivity contribution >= 4 is 49.0 Å². The fourth-order valence-corrected chi connectivity index (χ4v) is 3.24. The third-order valence-corrected chi connectivity index (χ3v) is 4.30. The molecule has 0 aliphatic heterocycles. The van der Waals surface area contributed by atoms with Gasteiger partial charge in [-0.3, -0.25) is 0 Å². The van der Waals surface area contributed by atoms with Crippen LogP contribution in [0.15, 0.2) is 27.4 Å². The van der Waals surface area contributed by atoms with E-state index in [1.54, 1.807) is 17.5 Å². The number of thiazole rings is 1. The van der Waals surface area contributed by atoms with E-state index in [4.69, 9.17) is 0 Å². The van der Waals surface area contributed by atoms with Crippen molar-refractivity contribution in [2.24, 2.45) is 0 Å². The van der Waals surface area contributed by atoms with Crippen LogP contribution >= 0.6 is 43.2 Å². The number of hydrogen-bond donors (Lipinski definition) is 1. The number of aromatic nitrogens is 2. The number of halogens is 2. The maximum absolute atomic E-state index is 4.36. The van der Waals surface area contributed by atoms with Gasteiger partial charge in [-0.2, -0.15) is 0 Å². The molecule has 0 saturated heterocycles. The van der Waals surface area contributed by atoms with E-state index < -0.39 is 0 Å². The van der Waals surface area contributed by atoms with Gasteiger partial charge in [0.25, 0.3) is 0 Å². The standard InChI is InChI=1S/C11H11Br2N3S/c1-6-4-15-11(17-6)7(2)16-10-9(13)3-8(12)5-14-10/h3-5,7H,1-2H3,(H,14,16). The highest BCUT2D eigenvalue weighted by molar-refractivity contribution is 9.11. The molecule has 0 spiro atoms. The Balaban J connectivity index is 2.15. The summed E-state index contributed by atoms with van der Waals surface area (Å²) in [7, 11) is 0. The molecule has 2 aromatic heterocycles. The van der Waals surface area contributed by atoms with Crippen LogP contribution < -0.4 is 5.32 Å². The van der Waals surface area contributed by atoms with Gasteiger partial charge in [-0.05, 0) is 51.8 Å². The van der Waals surface area contributed by atoms with E-state index in [9.17, 15) is 0 Å². The van der Waals surface area contributed by atoms with E-state index in [1.165, 1.54) is 4.88 Å². The molecular weight excluding hydrogens is 366 g/mol. The van der Waals surface area contributed by atoms with E-state index in [0.717, 1.165) is 19.8 Å². The van der Waals surface area contributed by atoms with Crippen LogP contribution in [0.5, 0.6) is 0 Å². The van der Waals surface area contributed by atoms with Gasteiger partial charge in [0, 0.05) is 21.7 Å². The van der Waals surface area contributed by atoms with Crippen molar-refractivity contribution in [3.05, 3.63) is 37.3 Å². The Labute approximate surface area is 121 Å². The van der Waals surface area contributed by atoms with Crippen molar-refractivity contribution in [2.45, 2.75) is 19.9 Å². The molecule has 0 saturated carbocycles. The maximum Gasteiger partial charge on any atom is 0.140 e. The van der Waals surface area contributed by atoms with E-state index >= 15 is 0 Å². The Bertz CT molecular complexity index is 527. The predicted molar refractivity (Wildman–Crippen MR) is 78.5 cm³/mol. The number of pyridine rings is 1. The zero-order valence-corrected chi connectivity index (χ0v) is 13.4. The van der Waals surface area contributed by atoms with Gasteiger partial charge < -0.3 is 5.32 Å². The van der Waals surface area contributed by atoms with E-state index in [2.05, 4.69) is 61.0 Å². The fraction of sp³-hybridized carbons (Fsp3) is 0.273. The van der Waals surface area contributed by atoms with Gasteiger partial charge in [-0.25, -0.2) is 9.97 Å². The average Bonchev–Trinajstić information content (AvgIpc) is 2.69. The second-order valence-corrected chi connectivity index (χ2v) is 6.70. The van der Waals surface area contributed by atoms with Gasteiger partial charge in [0.05, 0.1) is 10.5 Å². The first-order chi connectivity index (χ1) is 8.06. The second kappa shape index (κ2) is 5.46. The number of nitrogens with zero attached hydrogens (tertiary/aromatic N) is 2. The minimum Gasteiger partial charge on any atom is -0.360 e. The molecule has 2 heterocycles. The van der Waals surface area contributed by atoms with Gasteiger partial charge in [-0.1, -0.05) is 0 Å². The summed E-state index contributed by atoms with van der Waals surface area (Å²) in [4.78, 5) is 9.90. The van der Waals surface area contributed by atoms with Crippen LogP contribution in [0.4, 0.5) is 5.82 Å². The maximum atomic E-state index is 4.36. The van der Waals surface area contributed by atoms with Crippen LogP contribution in [0.25, 0.3) is 0 Å². The highest BCUT2D eigenvalue weighted by Crippen LogP contribution is 2.28. The number of rotatable bonds is 3. The summed E-state index contributed by atoms with van der Waals surface area (Å²) in [5, 5.41) is 4.40. The monoisotopic (exact) mass is 375 g/mol. The highest BCUT2D eigenvalue weighted by atomic mass is 79.9. The van der Waals surface area contributed by atoms with Crippen molar-refractivity contribution in [3.63, 3.8) is 0 Å². The summed E-state index contributed by atoms with van der Waals surface area (Å²) in [5.74, 6) is 0.827. The minimum atomic E-state index is 0.152. The number of anilines is 1. The summed E-state index contributed by atoms with van der Waals surface area (Å²) in [6.45, 7) is 4.14. The zero-order valence-electron chi connectivity index (χ0n) is 9.37. The molecule has 2 rings (SSSR count). The van der Waals surface area contributed by atoms with Gasteiger partial charge in [0.2, 0.25) is 0 Å². The summed E-state index contributed by atoms with van der Waals surface area (Å²) in [6.07, 6.45) is 3.66. The lowest BCUT2D eigenvalue weighted by atomic mass is 10.3. The SMILES string of the molecule is Cc1cnc(C(C)Nc2ncc(Br)cc2Br)s1. The average molecular weight is 377 g/mol. The molecule has 2 aromatic rings. The Morgan fingerprint density at radius 1 is 1.29 bits per heavy atom. The lowest BCUT2D eigenvalue weighted by molar-refractivity contribution is 0.859. The lowest BCUT2D eigenvalue weighted by Gasteiger charge is -2.13. The molecule has 17 heavy (non-hydrogen) atoms. The summed E-state index contributed by atoms with van der Waals surface area (Å²) in [5.41, 5.74) is 0. The first-order valence-electron chi connectivity index (χ1n) is 5.06. The summed E-state index contributed by atoms with van der Waals surface area (Å²) < 4.78 is 1.89. The van der Waals surface area contributed by atoms with Crippen LogP contribution in [0, 0.1) is 6.92 Å². The molecule has 0 aliphatic rings. The Morgan fingerprint density at radius 3 is 2.65 bits per heavy atom. The topological polar surface area (TPSA) is 37.8 Å². The van der Waals surface area contributed by atoms with E-state index in [0.29, 0.717) is 0 Å². The number of aryl methyl sites for hydroxylation is 1. The summed E-state index contributed by atoms with van der Waals surface area (Å²) in [6, 6.07) is 2.12. The van der Waals surface area contributed by atoms with Gasteiger partial charge in [-0.15, -0.1) is 11.3 Å². The van der Waals surface area contributed by atoms with E-state index in [1.807, 2.05) is 12.3 Å². The highest BCUT2D eigenvalue weighted by Gasteiger charge is 2.11. The first-order valence-corrected chi connectivity index (χ1v) is 7.46. The van der Waals surface area contributed by atoms with Crippen LogP contribution in [0.2, 0.25) is 0 Å². The Kier molecular flexibility index (Phi) is 4.17. The quantitative estimate of drug-likeness (QED) is 0.854. The molecule has 3 nitrogen and oxygen atoms in total. The molecule has 0 aliphatic carbocycles. The molecular formula is C11H11Br2N3S. The van der Waals surface area contributed by atoms with Crippen LogP contribution in [0.1, 0.15) is 22.9 Å². The largest absolute Gasteiger partial charge is 0.360 e. The molecule has 0 fully saturated rings. The Morgan fingerprint density at radius 2 is 2.06 bits per heavy atom. The van der Waals surface area contributed by atoms with Crippen molar-refractivity contribution < 1.29 is 0 Å². The van der Waals surface area contributed by atoms with Crippen molar-refractivity contribution in [3.8, 4) is 0 Å². The number of nitrogens with one attached hydrogen (secondary N) is 1. The summed E-state index contributed by atoms with van der Waals surface area (Å²) >= 11 is 8.56. The van der Waals surface area contributed by atoms with Crippen molar-refractivity contribution in [1.29, 1.82) is 0 Å². The molecule has 0 bridgehead atoms. The Hall–Kier alpha value is -0.460. The third kappa shape index (κ3) is 3.26. The van der Waals surface area contributed by atoms with Gasteiger partial charge >= 0.3 is 0 Å². The molecule has 0 amide bonds. The molecule has 1 unspecified atom stereocenters. The van der Waals surface area contributed by atoms with Crippen molar-refractivity contribution in [2.75, 3.05) is 5.32 Å². The molecule has 6 heteroatoms. The first kappa shape index (κ1) is 13.0. The molecule has 1 N–H and O–H groups in total. The minimum absolute atomic E-state index is 0.152. The van der Waals surface area contributed by atoms with Crippen molar-refractivity contribution in [1.82, 2.24) is 9.97 Å². The normalized spacial score (nSPS) is 12.5. The van der Waals surface area contributed by atoms with E-state index in [-0.39, 0.29) is 6.04 Å². The van der Waals surface area contributed by atoms with Crippen LogP contribution in [-0.2, 0) is 0 Å². The predicted octanol–water partition coefficient (Wildman–Crippen LogP) is 4.54. The molecule has 1 atom stereocenters. The molecule has 0 aromatic carbocycles. The lowest BCUT2D eigenvalue weighted by Crippen LogP contribution is -2.07. The third-order valence-electron chi connectivity index (χ3n) is 2.17. The number of hydrogen-bond acceptors (Lipinski definition) is 4. The second-order valence-electron chi connectivity index (χ2n) is 3.66. The van der Waals surface area contributed by atoms with Crippen LogP contribution in [0.3, 0.4) is 0 Å². The fourth-order valence-electron chi connectivity index (χ4n) is 1.36. The molecule has 0 radical (unpaired) electrons.